The lowest BCUT2D eigenvalue weighted by Gasteiger charge is -2.07. The van der Waals surface area contributed by atoms with Gasteiger partial charge in [-0.1, -0.05) is 44.2 Å². The molecular formula is C19H23NO7. The van der Waals surface area contributed by atoms with E-state index in [0.29, 0.717) is 0 Å². The Morgan fingerprint density at radius 1 is 0.963 bits per heavy atom. The fourth-order valence-corrected chi connectivity index (χ4v) is 1.80. The molecule has 0 heterocycles. The van der Waals surface area contributed by atoms with Gasteiger partial charge in [0.2, 0.25) is 5.78 Å². The van der Waals surface area contributed by atoms with Crippen molar-refractivity contribution in [3.63, 3.8) is 0 Å². The first-order valence-electron chi connectivity index (χ1n) is 8.48. The number of carbonyl (C=O) groups is 5. The molecule has 0 saturated carbocycles. The Kier molecular flexibility index (Phi) is 9.42. The average Bonchev–Trinajstić information content (AvgIpc) is 2.67. The molecule has 0 aliphatic rings. The number of Topliss-reactive ketones (excluding diaryl/α,β-unsaturated/α-hetero) is 2. The van der Waals surface area contributed by atoms with Gasteiger partial charge in [0.1, 0.15) is 6.61 Å². The minimum absolute atomic E-state index is 0.0233. The Balaban J connectivity index is 2.21. The lowest BCUT2D eigenvalue weighted by atomic mass is 10.1. The molecule has 1 aromatic rings. The van der Waals surface area contributed by atoms with Crippen molar-refractivity contribution in [1.82, 2.24) is 5.32 Å². The van der Waals surface area contributed by atoms with Gasteiger partial charge < -0.3 is 14.8 Å². The quantitative estimate of drug-likeness (QED) is 0.451. The second-order valence-electron chi connectivity index (χ2n) is 6.06. The van der Waals surface area contributed by atoms with E-state index >= 15 is 0 Å². The van der Waals surface area contributed by atoms with Crippen molar-refractivity contribution in [3.8, 4) is 0 Å². The summed E-state index contributed by atoms with van der Waals surface area (Å²) in [6.07, 6.45) is -0.504. The Morgan fingerprint density at radius 3 is 2.26 bits per heavy atom. The van der Waals surface area contributed by atoms with Gasteiger partial charge in [-0.25, -0.2) is 4.79 Å². The first-order valence-corrected chi connectivity index (χ1v) is 8.48. The van der Waals surface area contributed by atoms with E-state index in [2.05, 4.69) is 5.32 Å². The molecule has 0 saturated heterocycles. The normalized spacial score (nSPS) is 10.2. The van der Waals surface area contributed by atoms with Gasteiger partial charge in [-0.15, -0.1) is 0 Å². The zero-order valence-corrected chi connectivity index (χ0v) is 15.4. The van der Waals surface area contributed by atoms with Crippen molar-refractivity contribution in [2.45, 2.75) is 33.3 Å². The third-order valence-electron chi connectivity index (χ3n) is 3.37. The molecular weight excluding hydrogens is 354 g/mol. The van der Waals surface area contributed by atoms with Crippen molar-refractivity contribution in [2.24, 2.45) is 5.92 Å². The molecule has 8 nitrogen and oxygen atoms in total. The third-order valence-corrected chi connectivity index (χ3v) is 3.37. The fraction of sp³-hybridized carbons (Fsp3) is 0.421. The van der Waals surface area contributed by atoms with E-state index in [1.54, 1.807) is 38.1 Å². The summed E-state index contributed by atoms with van der Waals surface area (Å²) in [5.41, 5.74) is 0.746. The van der Waals surface area contributed by atoms with Crippen molar-refractivity contribution in [2.75, 3.05) is 13.2 Å². The van der Waals surface area contributed by atoms with E-state index in [1.165, 1.54) is 0 Å². The number of ketones is 2. The van der Waals surface area contributed by atoms with Gasteiger partial charge in [-0.3, -0.25) is 19.2 Å². The van der Waals surface area contributed by atoms with Gasteiger partial charge >= 0.3 is 11.9 Å². The lowest BCUT2D eigenvalue weighted by molar-refractivity contribution is -0.155. The highest BCUT2D eigenvalue weighted by molar-refractivity contribution is 6.33. The molecule has 0 aliphatic heterocycles. The number of ether oxygens (including phenoxy) is 2. The maximum atomic E-state index is 11.7. The second-order valence-corrected chi connectivity index (χ2v) is 6.06. The highest BCUT2D eigenvalue weighted by Crippen LogP contribution is 2.02. The molecule has 1 rings (SSSR count). The van der Waals surface area contributed by atoms with E-state index in [4.69, 9.17) is 9.47 Å². The summed E-state index contributed by atoms with van der Waals surface area (Å²) in [5, 5.41) is 2.28. The van der Waals surface area contributed by atoms with Crippen LogP contribution in [-0.2, 0) is 40.1 Å². The summed E-state index contributed by atoms with van der Waals surface area (Å²) in [5.74, 6) is -3.73. The number of nitrogens with one attached hydrogen (secondary N) is 1. The van der Waals surface area contributed by atoms with E-state index in [-0.39, 0.29) is 31.9 Å². The van der Waals surface area contributed by atoms with Gasteiger partial charge in [0.15, 0.2) is 12.4 Å². The number of esters is 2. The minimum atomic E-state index is -1.00. The third kappa shape index (κ3) is 9.29. The maximum absolute atomic E-state index is 11.7. The Morgan fingerprint density at radius 2 is 1.63 bits per heavy atom. The van der Waals surface area contributed by atoms with Crippen molar-refractivity contribution in [3.05, 3.63) is 35.9 Å². The van der Waals surface area contributed by atoms with E-state index < -0.39 is 36.0 Å². The topological polar surface area (TPSA) is 116 Å². The largest absolute Gasteiger partial charge is 0.455 e. The van der Waals surface area contributed by atoms with Crippen LogP contribution < -0.4 is 5.32 Å². The Bertz CT molecular complexity index is 683. The molecule has 0 aromatic heterocycles. The average molecular weight is 377 g/mol. The number of hydrogen-bond acceptors (Lipinski definition) is 7. The zero-order chi connectivity index (χ0) is 20.2. The summed E-state index contributed by atoms with van der Waals surface area (Å²) in [6, 6.07) is 8.88. The first kappa shape index (κ1) is 22.0. The molecule has 0 aliphatic carbocycles. The molecule has 0 atom stereocenters. The number of hydrogen-bond donors (Lipinski definition) is 1. The van der Waals surface area contributed by atoms with Gasteiger partial charge in [-0.05, 0) is 5.56 Å². The molecule has 0 bridgehead atoms. The van der Waals surface area contributed by atoms with Gasteiger partial charge in [0, 0.05) is 12.8 Å². The highest BCUT2D eigenvalue weighted by atomic mass is 16.5. The number of benzene rings is 1. The van der Waals surface area contributed by atoms with Crippen LogP contribution in [0.3, 0.4) is 0 Å². The van der Waals surface area contributed by atoms with Crippen LogP contribution in [0.25, 0.3) is 0 Å². The molecule has 27 heavy (non-hydrogen) atoms. The monoisotopic (exact) mass is 377 g/mol. The summed E-state index contributed by atoms with van der Waals surface area (Å²) in [4.78, 5) is 57.6. The summed E-state index contributed by atoms with van der Waals surface area (Å²) >= 11 is 0. The molecule has 8 heteroatoms. The highest BCUT2D eigenvalue weighted by Gasteiger charge is 2.17. The summed E-state index contributed by atoms with van der Waals surface area (Å²) in [7, 11) is 0. The smallest absolute Gasteiger partial charge is 0.374 e. The number of amides is 1. The van der Waals surface area contributed by atoms with Crippen LogP contribution in [0.4, 0.5) is 0 Å². The van der Waals surface area contributed by atoms with Crippen LogP contribution in [0.2, 0.25) is 0 Å². The molecule has 0 radical (unpaired) electrons. The molecule has 146 valence electrons. The predicted octanol–water partition coefficient (Wildman–Crippen LogP) is 0.964. The lowest BCUT2D eigenvalue weighted by Crippen LogP contribution is -2.34. The van der Waals surface area contributed by atoms with Crippen molar-refractivity contribution in [1.29, 1.82) is 0 Å². The van der Waals surface area contributed by atoms with Crippen LogP contribution in [0.1, 0.15) is 32.3 Å². The minimum Gasteiger partial charge on any atom is -0.455 e. The summed E-state index contributed by atoms with van der Waals surface area (Å²) in [6.45, 7) is 2.45. The molecule has 0 spiro atoms. The van der Waals surface area contributed by atoms with E-state index in [9.17, 15) is 24.0 Å². The van der Waals surface area contributed by atoms with Crippen LogP contribution in [0, 0.1) is 5.92 Å². The summed E-state index contributed by atoms with van der Waals surface area (Å²) < 4.78 is 9.59. The van der Waals surface area contributed by atoms with Crippen LogP contribution in [0.15, 0.2) is 30.3 Å². The van der Waals surface area contributed by atoms with Gasteiger partial charge in [0.25, 0.3) is 5.91 Å². The molecule has 1 N–H and O–H groups in total. The van der Waals surface area contributed by atoms with Crippen LogP contribution >= 0.6 is 0 Å². The van der Waals surface area contributed by atoms with Crippen LogP contribution in [0.5, 0.6) is 0 Å². The number of rotatable bonds is 11. The number of carbonyl (C=O) groups excluding carboxylic acids is 5. The standard InChI is InChI=1S/C19H23NO7/c1-13(2)18(24)27-12-17(23)20-10-15(21)8-9-16(22)19(25)26-11-14-6-4-3-5-7-14/h3-7,13H,8-12H2,1-2H3,(H,20,23). The SMILES string of the molecule is CC(C)C(=O)OCC(=O)NCC(=O)CCC(=O)C(=O)OCc1ccccc1. The van der Waals surface area contributed by atoms with Crippen molar-refractivity contribution < 1.29 is 33.4 Å². The van der Waals surface area contributed by atoms with Crippen molar-refractivity contribution >= 4 is 29.4 Å². The zero-order valence-electron chi connectivity index (χ0n) is 15.4. The Hall–Kier alpha value is -3.03. The molecule has 1 amide bonds. The molecule has 0 fully saturated rings. The van der Waals surface area contributed by atoms with E-state index in [0.717, 1.165) is 5.56 Å². The maximum Gasteiger partial charge on any atom is 0.374 e. The predicted molar refractivity (Wildman–Crippen MR) is 94.3 cm³/mol. The second kappa shape index (κ2) is 11.6. The first-order chi connectivity index (χ1) is 12.8. The van der Waals surface area contributed by atoms with E-state index in [1.807, 2.05) is 6.07 Å². The van der Waals surface area contributed by atoms with Gasteiger partial charge in [-0.2, -0.15) is 0 Å². The molecule has 0 unspecified atom stereocenters. The van der Waals surface area contributed by atoms with Gasteiger partial charge in [0.05, 0.1) is 12.5 Å². The Labute approximate surface area is 157 Å². The fourth-order valence-electron chi connectivity index (χ4n) is 1.80. The van der Waals surface area contributed by atoms with Crippen LogP contribution in [-0.4, -0.2) is 42.6 Å². The molecule has 1 aromatic carbocycles.